The van der Waals surface area contributed by atoms with Crippen molar-refractivity contribution >= 4 is 12.0 Å². The van der Waals surface area contributed by atoms with Crippen LogP contribution in [-0.4, -0.2) is 46.7 Å². The number of hydrogen-bond donors (Lipinski definition) is 3. The second kappa shape index (κ2) is 6.27. The summed E-state index contributed by atoms with van der Waals surface area (Å²) >= 11 is 0. The summed E-state index contributed by atoms with van der Waals surface area (Å²) in [7, 11) is 0. The van der Waals surface area contributed by atoms with Crippen LogP contribution in [0.15, 0.2) is 24.3 Å². The van der Waals surface area contributed by atoms with E-state index in [2.05, 4.69) is 5.32 Å². The number of amides is 2. The van der Waals surface area contributed by atoms with E-state index in [9.17, 15) is 14.7 Å². The first-order valence-electron chi connectivity index (χ1n) is 6.60. The number of likely N-dealkylation sites (tertiary alicyclic amines) is 1. The number of urea groups is 1. The fraction of sp³-hybridized carbons (Fsp3) is 0.429. The summed E-state index contributed by atoms with van der Waals surface area (Å²) in [6.07, 6.45) is 1.13. The molecule has 108 valence electrons. The predicted octanol–water partition coefficient (Wildman–Crippen LogP) is 1.05. The molecule has 1 aliphatic rings. The van der Waals surface area contributed by atoms with E-state index in [1.807, 2.05) is 6.07 Å². The van der Waals surface area contributed by atoms with Crippen LogP contribution in [0.3, 0.4) is 0 Å². The van der Waals surface area contributed by atoms with Gasteiger partial charge >= 0.3 is 12.0 Å². The summed E-state index contributed by atoms with van der Waals surface area (Å²) in [6, 6.07) is 6.65. The molecule has 0 saturated carbocycles. The molecule has 6 nitrogen and oxygen atoms in total. The van der Waals surface area contributed by atoms with Gasteiger partial charge in [0.15, 0.2) is 0 Å². The number of phenolic OH excluding ortho intramolecular Hbond substituents is 1. The minimum atomic E-state index is -0.847. The molecule has 1 saturated heterocycles. The predicted molar refractivity (Wildman–Crippen MR) is 72.5 cm³/mol. The van der Waals surface area contributed by atoms with E-state index in [0.717, 1.165) is 5.56 Å². The number of hydrogen-bond acceptors (Lipinski definition) is 3. The highest BCUT2D eigenvalue weighted by atomic mass is 16.4. The molecule has 3 N–H and O–H groups in total. The first-order chi connectivity index (χ1) is 9.56. The number of nitrogens with zero attached hydrogens (tertiary/aromatic N) is 1. The van der Waals surface area contributed by atoms with Gasteiger partial charge in [-0.25, -0.2) is 4.79 Å². The van der Waals surface area contributed by atoms with Gasteiger partial charge in [-0.15, -0.1) is 0 Å². The Balaban J connectivity index is 1.75. The average Bonchev–Trinajstić information content (AvgIpc) is 2.88. The standard InChI is InChI=1S/C14H18N2O4/c17-12-3-1-2-10(8-12)4-6-15-14(20)16-7-5-11(9-16)13(18)19/h1-3,8,11,17H,4-7,9H2,(H,15,20)(H,18,19). The van der Waals surface area contributed by atoms with E-state index in [1.54, 1.807) is 18.2 Å². The van der Waals surface area contributed by atoms with Gasteiger partial charge in [0.05, 0.1) is 5.92 Å². The molecule has 0 radical (unpaired) electrons. The Labute approximate surface area is 117 Å². The fourth-order valence-electron chi connectivity index (χ4n) is 2.28. The first kappa shape index (κ1) is 14.2. The molecule has 0 bridgehead atoms. The quantitative estimate of drug-likeness (QED) is 0.768. The molecule has 6 heteroatoms. The molecule has 1 aromatic rings. The van der Waals surface area contributed by atoms with Crippen LogP contribution in [0.5, 0.6) is 5.75 Å². The highest BCUT2D eigenvalue weighted by Gasteiger charge is 2.30. The van der Waals surface area contributed by atoms with Gasteiger partial charge in [0.1, 0.15) is 5.75 Å². The average molecular weight is 278 g/mol. The van der Waals surface area contributed by atoms with Gasteiger partial charge in [0.25, 0.3) is 0 Å². The Morgan fingerprint density at radius 3 is 2.85 bits per heavy atom. The van der Waals surface area contributed by atoms with E-state index in [0.29, 0.717) is 25.9 Å². The molecule has 2 amide bonds. The van der Waals surface area contributed by atoms with Crippen molar-refractivity contribution in [3.8, 4) is 5.75 Å². The third kappa shape index (κ3) is 3.63. The molecule has 20 heavy (non-hydrogen) atoms. The van der Waals surface area contributed by atoms with Crippen molar-refractivity contribution in [1.29, 1.82) is 0 Å². The van der Waals surface area contributed by atoms with E-state index >= 15 is 0 Å². The Morgan fingerprint density at radius 1 is 1.40 bits per heavy atom. The van der Waals surface area contributed by atoms with Gasteiger partial charge in [-0.3, -0.25) is 4.79 Å². The molecular weight excluding hydrogens is 260 g/mol. The van der Waals surface area contributed by atoms with Crippen molar-refractivity contribution in [2.45, 2.75) is 12.8 Å². The third-order valence-corrected chi connectivity index (χ3v) is 3.43. The van der Waals surface area contributed by atoms with Crippen molar-refractivity contribution in [3.05, 3.63) is 29.8 Å². The van der Waals surface area contributed by atoms with Crippen LogP contribution in [0, 0.1) is 5.92 Å². The van der Waals surface area contributed by atoms with Gasteiger partial charge in [0.2, 0.25) is 0 Å². The maximum atomic E-state index is 11.8. The van der Waals surface area contributed by atoms with Crippen LogP contribution < -0.4 is 5.32 Å². The Kier molecular flexibility index (Phi) is 4.45. The number of carbonyl (C=O) groups excluding carboxylic acids is 1. The number of aliphatic carboxylic acids is 1. The molecule has 1 heterocycles. The highest BCUT2D eigenvalue weighted by molar-refractivity contribution is 5.77. The normalized spacial score (nSPS) is 18.0. The van der Waals surface area contributed by atoms with E-state index in [-0.39, 0.29) is 18.3 Å². The van der Waals surface area contributed by atoms with E-state index in [4.69, 9.17) is 5.11 Å². The Morgan fingerprint density at radius 2 is 2.20 bits per heavy atom. The van der Waals surface area contributed by atoms with Crippen LogP contribution in [-0.2, 0) is 11.2 Å². The third-order valence-electron chi connectivity index (χ3n) is 3.43. The first-order valence-corrected chi connectivity index (χ1v) is 6.60. The molecule has 1 aromatic carbocycles. The number of benzene rings is 1. The molecule has 0 spiro atoms. The van der Waals surface area contributed by atoms with Gasteiger partial charge in [0, 0.05) is 19.6 Å². The molecule has 2 rings (SSSR count). The molecule has 0 aliphatic carbocycles. The number of phenols is 1. The molecule has 1 unspecified atom stereocenters. The lowest BCUT2D eigenvalue weighted by atomic mass is 10.1. The minimum absolute atomic E-state index is 0.206. The monoisotopic (exact) mass is 278 g/mol. The minimum Gasteiger partial charge on any atom is -0.508 e. The molecular formula is C14H18N2O4. The number of carbonyl (C=O) groups is 2. The summed E-state index contributed by atoms with van der Waals surface area (Å²) in [5.74, 6) is -1.09. The van der Waals surface area contributed by atoms with Crippen molar-refractivity contribution in [2.24, 2.45) is 5.92 Å². The van der Waals surface area contributed by atoms with Gasteiger partial charge < -0.3 is 20.4 Å². The summed E-state index contributed by atoms with van der Waals surface area (Å²) in [6.45, 7) is 1.21. The summed E-state index contributed by atoms with van der Waals surface area (Å²) in [4.78, 5) is 24.2. The van der Waals surface area contributed by atoms with Crippen molar-refractivity contribution < 1.29 is 19.8 Å². The van der Waals surface area contributed by atoms with Gasteiger partial charge in [-0.1, -0.05) is 12.1 Å². The molecule has 1 atom stereocenters. The number of carboxylic acids is 1. The summed E-state index contributed by atoms with van der Waals surface area (Å²) in [5, 5.41) is 21.0. The number of aromatic hydroxyl groups is 1. The molecule has 1 fully saturated rings. The maximum Gasteiger partial charge on any atom is 0.317 e. The summed E-state index contributed by atoms with van der Waals surface area (Å²) in [5.41, 5.74) is 0.940. The zero-order chi connectivity index (χ0) is 14.5. The number of rotatable bonds is 4. The Bertz CT molecular complexity index is 504. The van der Waals surface area contributed by atoms with Crippen LogP contribution in [0.1, 0.15) is 12.0 Å². The lowest BCUT2D eigenvalue weighted by molar-refractivity contribution is -0.141. The lowest BCUT2D eigenvalue weighted by Gasteiger charge is -2.16. The van der Waals surface area contributed by atoms with Gasteiger partial charge in [-0.05, 0) is 30.5 Å². The van der Waals surface area contributed by atoms with Crippen molar-refractivity contribution in [3.63, 3.8) is 0 Å². The topological polar surface area (TPSA) is 89.9 Å². The SMILES string of the molecule is O=C(O)C1CCN(C(=O)NCCc2cccc(O)c2)C1. The number of nitrogens with one attached hydrogen (secondary N) is 1. The van der Waals surface area contributed by atoms with Crippen molar-refractivity contribution in [2.75, 3.05) is 19.6 Å². The largest absolute Gasteiger partial charge is 0.508 e. The Hall–Kier alpha value is -2.24. The van der Waals surface area contributed by atoms with Crippen LogP contribution in [0.25, 0.3) is 0 Å². The molecule has 0 aromatic heterocycles. The zero-order valence-corrected chi connectivity index (χ0v) is 11.1. The highest BCUT2D eigenvalue weighted by Crippen LogP contribution is 2.16. The zero-order valence-electron chi connectivity index (χ0n) is 11.1. The van der Waals surface area contributed by atoms with Crippen LogP contribution >= 0.6 is 0 Å². The van der Waals surface area contributed by atoms with Crippen LogP contribution in [0.2, 0.25) is 0 Å². The second-order valence-electron chi connectivity index (χ2n) is 4.92. The smallest absolute Gasteiger partial charge is 0.317 e. The van der Waals surface area contributed by atoms with Gasteiger partial charge in [-0.2, -0.15) is 0 Å². The van der Waals surface area contributed by atoms with E-state index < -0.39 is 11.9 Å². The fourth-order valence-corrected chi connectivity index (χ4v) is 2.28. The van der Waals surface area contributed by atoms with Crippen LogP contribution in [0.4, 0.5) is 4.79 Å². The maximum absolute atomic E-state index is 11.8. The second-order valence-corrected chi connectivity index (χ2v) is 4.92. The summed E-state index contributed by atoms with van der Waals surface area (Å²) < 4.78 is 0. The number of carboxylic acid groups (broad SMARTS) is 1. The van der Waals surface area contributed by atoms with Crippen molar-refractivity contribution in [1.82, 2.24) is 10.2 Å². The molecule has 1 aliphatic heterocycles. The lowest BCUT2D eigenvalue weighted by Crippen LogP contribution is -2.39. The van der Waals surface area contributed by atoms with E-state index in [1.165, 1.54) is 4.90 Å².